The van der Waals surface area contributed by atoms with Gasteiger partial charge < -0.3 is 10.1 Å². The molecule has 1 amide bonds. The number of Topliss-reactive ketones (excluding diaryl/α,β-unsaturated/α-hetero) is 1. The van der Waals surface area contributed by atoms with Crippen molar-refractivity contribution < 1.29 is 14.3 Å². The summed E-state index contributed by atoms with van der Waals surface area (Å²) in [6.45, 7) is 2.24. The highest BCUT2D eigenvalue weighted by Gasteiger charge is 2.42. The lowest BCUT2D eigenvalue weighted by molar-refractivity contribution is -0.117. The Morgan fingerprint density at radius 3 is 2.67 bits per heavy atom. The number of carbonyl (C=O) groups excluding carboxylic acids is 2. The van der Waals surface area contributed by atoms with Crippen molar-refractivity contribution in [2.24, 2.45) is 10.2 Å². The Morgan fingerprint density at radius 1 is 1.17 bits per heavy atom. The monoisotopic (exact) mass is 402 g/mol. The Hall–Kier alpha value is -3.32. The summed E-state index contributed by atoms with van der Waals surface area (Å²) in [5.74, 6) is 0.518. The van der Waals surface area contributed by atoms with Crippen LogP contribution in [0.25, 0.3) is 5.70 Å². The van der Waals surface area contributed by atoms with Crippen molar-refractivity contribution in [2.75, 3.05) is 32.1 Å². The Kier molecular flexibility index (Phi) is 4.67. The number of benzene rings is 2. The van der Waals surface area contributed by atoms with Gasteiger partial charge in [-0.2, -0.15) is 10.2 Å². The maximum Gasteiger partial charge on any atom is 0.238 e. The predicted molar refractivity (Wildman–Crippen MR) is 113 cm³/mol. The van der Waals surface area contributed by atoms with Crippen LogP contribution in [0.4, 0.5) is 5.69 Å². The number of azo groups is 1. The molecule has 1 fully saturated rings. The molecule has 152 valence electrons. The van der Waals surface area contributed by atoms with E-state index in [9.17, 15) is 9.59 Å². The van der Waals surface area contributed by atoms with Gasteiger partial charge >= 0.3 is 0 Å². The summed E-state index contributed by atoms with van der Waals surface area (Å²) < 4.78 is 5.21. The molecule has 2 heterocycles. The zero-order chi connectivity index (χ0) is 20.7. The van der Waals surface area contributed by atoms with Gasteiger partial charge in [-0.15, -0.1) is 0 Å². The molecule has 0 radical (unpaired) electrons. The van der Waals surface area contributed by atoms with Crippen LogP contribution in [-0.4, -0.2) is 43.3 Å². The first-order chi connectivity index (χ1) is 14.7. The summed E-state index contributed by atoms with van der Waals surface area (Å²) in [5, 5.41) is 11.6. The lowest BCUT2D eigenvalue weighted by Gasteiger charge is -2.15. The number of fused-ring (bicyclic) bond motifs is 3. The fourth-order valence-corrected chi connectivity index (χ4v) is 4.39. The molecule has 3 aliphatic rings. The van der Waals surface area contributed by atoms with Crippen molar-refractivity contribution in [3.05, 3.63) is 64.7 Å². The molecule has 2 aliphatic heterocycles. The zero-order valence-electron chi connectivity index (χ0n) is 16.7. The van der Waals surface area contributed by atoms with Crippen molar-refractivity contribution in [1.29, 1.82) is 0 Å². The van der Waals surface area contributed by atoms with Gasteiger partial charge in [-0.1, -0.05) is 12.1 Å². The van der Waals surface area contributed by atoms with E-state index in [-0.39, 0.29) is 11.7 Å². The van der Waals surface area contributed by atoms with Gasteiger partial charge in [0.1, 0.15) is 17.5 Å². The second kappa shape index (κ2) is 7.50. The number of nitrogens with zero attached hydrogens (tertiary/aromatic N) is 3. The lowest BCUT2D eigenvalue weighted by atomic mass is 10.0. The lowest BCUT2D eigenvalue weighted by Crippen LogP contribution is -2.31. The van der Waals surface area contributed by atoms with E-state index in [1.165, 1.54) is 0 Å². The van der Waals surface area contributed by atoms with Gasteiger partial charge in [0.15, 0.2) is 5.78 Å². The maximum atomic E-state index is 13.4. The summed E-state index contributed by atoms with van der Waals surface area (Å²) in [7, 11) is 1.61. The first-order valence-electron chi connectivity index (χ1n) is 10.1. The number of ether oxygens (including phenoxy) is 1. The van der Waals surface area contributed by atoms with E-state index in [1.807, 2.05) is 36.4 Å². The molecule has 0 saturated carbocycles. The largest absolute Gasteiger partial charge is 0.497 e. The van der Waals surface area contributed by atoms with Gasteiger partial charge in [0, 0.05) is 5.56 Å². The SMILES string of the molecule is COc1ccc(C2=C3C(=O)c4c(NC(=O)CN5CCCC5)cccc4C3N=N2)cc1. The van der Waals surface area contributed by atoms with E-state index in [4.69, 9.17) is 4.74 Å². The van der Waals surface area contributed by atoms with Gasteiger partial charge in [-0.05, 0) is 61.8 Å². The molecule has 0 bridgehead atoms. The second-order valence-corrected chi connectivity index (χ2v) is 7.74. The third-order valence-corrected chi connectivity index (χ3v) is 5.87. The van der Waals surface area contributed by atoms with Crippen molar-refractivity contribution in [1.82, 2.24) is 4.90 Å². The quantitative estimate of drug-likeness (QED) is 0.824. The number of hydrogen-bond acceptors (Lipinski definition) is 6. The summed E-state index contributed by atoms with van der Waals surface area (Å²) >= 11 is 0. The van der Waals surface area contributed by atoms with Crippen LogP contribution in [0, 0.1) is 0 Å². The summed E-state index contributed by atoms with van der Waals surface area (Å²) in [6.07, 6.45) is 2.25. The van der Waals surface area contributed by atoms with Gasteiger partial charge in [0.25, 0.3) is 0 Å². The number of nitrogens with one attached hydrogen (secondary N) is 1. The standard InChI is InChI=1S/C23H22N4O3/c1-30-15-9-7-14(8-10-15)21-20-22(26-25-21)16-5-4-6-17(19(16)23(20)29)24-18(28)13-27-11-2-3-12-27/h4-10,22H,2-3,11-13H2,1H3,(H,24,28). The molecular weight excluding hydrogens is 380 g/mol. The number of anilines is 1. The Balaban J connectivity index is 1.45. The summed E-state index contributed by atoms with van der Waals surface area (Å²) in [4.78, 5) is 28.0. The van der Waals surface area contributed by atoms with Crippen LogP contribution in [0.5, 0.6) is 5.75 Å². The van der Waals surface area contributed by atoms with E-state index in [0.717, 1.165) is 42.8 Å². The molecule has 1 atom stereocenters. The molecule has 5 rings (SSSR count). The van der Waals surface area contributed by atoms with Crippen LogP contribution in [0.1, 0.15) is 40.4 Å². The number of rotatable bonds is 5. The minimum absolute atomic E-state index is 0.0962. The van der Waals surface area contributed by atoms with Crippen molar-refractivity contribution in [3.8, 4) is 5.75 Å². The van der Waals surface area contributed by atoms with Gasteiger partial charge in [-0.3, -0.25) is 14.5 Å². The number of amides is 1. The Labute approximate surface area is 174 Å². The Morgan fingerprint density at radius 2 is 1.93 bits per heavy atom. The van der Waals surface area contributed by atoms with E-state index in [1.54, 1.807) is 13.2 Å². The van der Waals surface area contributed by atoms with Crippen molar-refractivity contribution >= 4 is 23.1 Å². The highest BCUT2D eigenvalue weighted by Crippen LogP contribution is 2.49. The number of likely N-dealkylation sites (tertiary alicyclic amines) is 1. The number of carbonyl (C=O) groups is 2. The normalized spacial score (nSPS) is 19.9. The average molecular weight is 402 g/mol. The molecule has 7 nitrogen and oxygen atoms in total. The molecule has 7 heteroatoms. The molecule has 1 unspecified atom stereocenters. The van der Waals surface area contributed by atoms with Crippen molar-refractivity contribution in [3.63, 3.8) is 0 Å². The zero-order valence-corrected chi connectivity index (χ0v) is 16.7. The van der Waals surface area contributed by atoms with Crippen LogP contribution in [-0.2, 0) is 4.79 Å². The average Bonchev–Trinajstić information content (AvgIpc) is 3.48. The van der Waals surface area contributed by atoms with Crippen LogP contribution >= 0.6 is 0 Å². The first-order valence-corrected chi connectivity index (χ1v) is 10.1. The number of methoxy groups -OCH3 is 1. The molecular formula is C23H22N4O3. The van der Waals surface area contributed by atoms with Crippen LogP contribution in [0.15, 0.2) is 58.3 Å². The fourth-order valence-electron chi connectivity index (χ4n) is 4.39. The predicted octanol–water partition coefficient (Wildman–Crippen LogP) is 3.84. The van der Waals surface area contributed by atoms with Gasteiger partial charge in [0.05, 0.1) is 30.5 Å². The van der Waals surface area contributed by atoms with Gasteiger partial charge in [0.2, 0.25) is 5.91 Å². The van der Waals surface area contributed by atoms with Gasteiger partial charge in [-0.25, -0.2) is 0 Å². The van der Waals surface area contributed by atoms with E-state index < -0.39 is 6.04 Å². The summed E-state index contributed by atoms with van der Waals surface area (Å²) in [6, 6.07) is 12.5. The maximum absolute atomic E-state index is 13.4. The van der Waals surface area contributed by atoms with Crippen LogP contribution in [0.3, 0.4) is 0 Å². The molecule has 1 aliphatic carbocycles. The minimum Gasteiger partial charge on any atom is -0.497 e. The molecule has 1 saturated heterocycles. The molecule has 0 spiro atoms. The topological polar surface area (TPSA) is 83.4 Å². The van der Waals surface area contributed by atoms with E-state index in [2.05, 4.69) is 20.4 Å². The Bertz CT molecular complexity index is 1080. The summed E-state index contributed by atoms with van der Waals surface area (Å²) in [5.41, 5.74) is 3.83. The molecule has 2 aromatic carbocycles. The van der Waals surface area contributed by atoms with Crippen molar-refractivity contribution in [2.45, 2.75) is 18.9 Å². The molecule has 30 heavy (non-hydrogen) atoms. The van der Waals surface area contributed by atoms with Crippen LogP contribution in [0.2, 0.25) is 0 Å². The fraction of sp³-hybridized carbons (Fsp3) is 0.304. The minimum atomic E-state index is -0.417. The molecule has 1 N–H and O–H groups in total. The second-order valence-electron chi connectivity index (χ2n) is 7.74. The third kappa shape index (κ3) is 3.11. The number of hydrogen-bond donors (Lipinski definition) is 1. The molecule has 2 aromatic rings. The van der Waals surface area contributed by atoms with E-state index >= 15 is 0 Å². The molecule has 0 aromatic heterocycles. The van der Waals surface area contributed by atoms with E-state index in [0.29, 0.717) is 29.1 Å². The highest BCUT2D eigenvalue weighted by atomic mass is 16.5. The number of ketones is 1. The third-order valence-electron chi connectivity index (χ3n) is 5.87. The van der Waals surface area contributed by atoms with Crippen LogP contribution < -0.4 is 10.1 Å². The first kappa shape index (κ1) is 18.7. The smallest absolute Gasteiger partial charge is 0.238 e. The highest BCUT2D eigenvalue weighted by molar-refractivity contribution is 6.22.